The molecule has 72 valence electrons. The molecule has 1 aliphatic rings. The van der Waals surface area contributed by atoms with Crippen LogP contribution in [0, 0.1) is 0 Å². The van der Waals surface area contributed by atoms with E-state index in [9.17, 15) is 4.79 Å². The zero-order valence-corrected chi connectivity index (χ0v) is 8.07. The van der Waals surface area contributed by atoms with Crippen LogP contribution in [0.25, 0.3) is 0 Å². The maximum Gasteiger partial charge on any atom is 0.318 e. The molecule has 4 nitrogen and oxygen atoms in total. The van der Waals surface area contributed by atoms with Gasteiger partial charge in [-0.25, -0.2) is 4.40 Å². The Morgan fingerprint density at radius 2 is 2.43 bits per heavy atom. The van der Waals surface area contributed by atoms with Crippen molar-refractivity contribution in [2.45, 2.75) is 11.7 Å². The highest BCUT2D eigenvalue weighted by Gasteiger charge is 2.27. The molecule has 0 aromatic carbocycles. The average molecular weight is 208 g/mol. The summed E-state index contributed by atoms with van der Waals surface area (Å²) < 4.78 is 4.10. The first-order chi connectivity index (χ1) is 6.77. The minimum absolute atomic E-state index is 0.452. The molecule has 0 aliphatic carbocycles. The van der Waals surface area contributed by atoms with Gasteiger partial charge in [0, 0.05) is 12.6 Å². The summed E-state index contributed by atoms with van der Waals surface area (Å²) in [4.78, 5) is 14.8. The van der Waals surface area contributed by atoms with E-state index in [2.05, 4.69) is 9.38 Å². The van der Waals surface area contributed by atoms with E-state index in [0.717, 1.165) is 23.4 Å². The van der Waals surface area contributed by atoms with E-state index in [1.807, 2.05) is 18.2 Å². The topological polar surface area (TPSA) is 62.5 Å². The molecule has 0 bridgehead atoms. The molecule has 0 fully saturated rings. The molecular weight excluding hydrogens is 200 g/mol. The number of rotatable bonds is 2. The maximum absolute atomic E-state index is 10.7. The molecule has 2 rings (SSSR count). The minimum atomic E-state index is -0.815. The van der Waals surface area contributed by atoms with Crippen LogP contribution < -0.4 is 0 Å². The van der Waals surface area contributed by atoms with E-state index >= 15 is 0 Å². The smallest absolute Gasteiger partial charge is 0.318 e. The van der Waals surface area contributed by atoms with Crippen molar-refractivity contribution >= 4 is 23.6 Å². The number of nitrogens with zero attached hydrogens (tertiary/aromatic N) is 2. The Labute approximate surface area is 85.2 Å². The summed E-state index contributed by atoms with van der Waals surface area (Å²) >= 11 is 1.10. The van der Waals surface area contributed by atoms with Crippen LogP contribution in [-0.4, -0.2) is 27.0 Å². The van der Waals surface area contributed by atoms with Crippen molar-refractivity contribution in [3.63, 3.8) is 0 Å². The van der Waals surface area contributed by atoms with Gasteiger partial charge in [-0.15, -0.1) is 0 Å². The van der Waals surface area contributed by atoms with E-state index in [0.29, 0.717) is 6.42 Å². The average Bonchev–Trinajstić information content (AvgIpc) is 2.68. The number of hydrogen-bond donors (Lipinski definition) is 1. The fraction of sp³-hybridized carbons (Fsp3) is 0.222. The number of carboxylic acid groups (broad SMARTS) is 1. The van der Waals surface area contributed by atoms with E-state index < -0.39 is 11.2 Å². The van der Waals surface area contributed by atoms with Gasteiger partial charge in [0.15, 0.2) is 0 Å². The Morgan fingerprint density at radius 3 is 3.00 bits per heavy atom. The van der Waals surface area contributed by atoms with Gasteiger partial charge < -0.3 is 5.11 Å². The van der Waals surface area contributed by atoms with Crippen molar-refractivity contribution in [1.29, 1.82) is 0 Å². The first-order valence-corrected chi connectivity index (χ1v) is 4.98. The highest BCUT2D eigenvalue weighted by atomic mass is 32.2. The van der Waals surface area contributed by atoms with Crippen LogP contribution in [0.15, 0.2) is 28.8 Å². The SMILES string of the molecule is O=C(O)C1CC(c2ccccn2)=NS1. The van der Waals surface area contributed by atoms with Crippen LogP contribution in [0.3, 0.4) is 0 Å². The zero-order valence-electron chi connectivity index (χ0n) is 7.25. The number of carboxylic acids is 1. The van der Waals surface area contributed by atoms with Crippen molar-refractivity contribution in [2.24, 2.45) is 4.40 Å². The third-order valence-electron chi connectivity index (χ3n) is 1.90. The van der Waals surface area contributed by atoms with E-state index in [4.69, 9.17) is 5.11 Å². The van der Waals surface area contributed by atoms with Crippen molar-refractivity contribution < 1.29 is 9.90 Å². The van der Waals surface area contributed by atoms with Gasteiger partial charge in [-0.05, 0) is 24.1 Å². The molecule has 1 aromatic heterocycles. The molecule has 5 heteroatoms. The molecule has 1 unspecified atom stereocenters. The van der Waals surface area contributed by atoms with Gasteiger partial charge in [0.2, 0.25) is 0 Å². The molecule has 0 radical (unpaired) electrons. The Morgan fingerprint density at radius 1 is 1.57 bits per heavy atom. The van der Waals surface area contributed by atoms with Gasteiger partial charge in [0.25, 0.3) is 0 Å². The van der Waals surface area contributed by atoms with Gasteiger partial charge >= 0.3 is 5.97 Å². The summed E-state index contributed by atoms with van der Waals surface area (Å²) in [6, 6.07) is 5.52. The third-order valence-corrected chi connectivity index (χ3v) is 2.85. The molecule has 1 N–H and O–H groups in total. The summed E-state index contributed by atoms with van der Waals surface area (Å²) in [6.45, 7) is 0. The normalized spacial score (nSPS) is 20.6. The van der Waals surface area contributed by atoms with Gasteiger partial charge in [-0.2, -0.15) is 0 Å². The van der Waals surface area contributed by atoms with Crippen molar-refractivity contribution in [3.05, 3.63) is 30.1 Å². The molecule has 0 saturated carbocycles. The van der Waals surface area contributed by atoms with Crippen LogP contribution in [0.1, 0.15) is 12.1 Å². The van der Waals surface area contributed by atoms with Crippen LogP contribution in [0.4, 0.5) is 0 Å². The molecular formula is C9H8N2O2S. The highest BCUT2D eigenvalue weighted by molar-refractivity contribution is 7.99. The second-order valence-corrected chi connectivity index (χ2v) is 3.85. The van der Waals surface area contributed by atoms with Crippen LogP contribution in [0.5, 0.6) is 0 Å². The summed E-state index contributed by atoms with van der Waals surface area (Å²) in [6.07, 6.45) is 2.13. The quantitative estimate of drug-likeness (QED) is 0.746. The lowest BCUT2D eigenvalue weighted by Gasteiger charge is -1.99. The standard InChI is InChI=1S/C9H8N2O2S/c12-9(13)8-5-7(11-14-8)6-3-1-2-4-10-6/h1-4,8H,5H2,(H,12,13). The second kappa shape index (κ2) is 3.79. The largest absolute Gasteiger partial charge is 0.480 e. The monoisotopic (exact) mass is 208 g/mol. The third kappa shape index (κ3) is 1.77. The summed E-state index contributed by atoms with van der Waals surface area (Å²) in [5, 5.41) is 8.31. The lowest BCUT2D eigenvalue weighted by Crippen LogP contribution is -2.16. The molecule has 0 saturated heterocycles. The fourth-order valence-corrected chi connectivity index (χ4v) is 1.94. The molecule has 0 amide bonds. The Bertz CT molecular complexity index is 378. The second-order valence-electron chi connectivity index (χ2n) is 2.89. The lowest BCUT2D eigenvalue weighted by atomic mass is 10.1. The number of aromatic nitrogens is 1. The van der Waals surface area contributed by atoms with Gasteiger partial charge in [-0.1, -0.05) is 6.07 Å². The van der Waals surface area contributed by atoms with E-state index in [1.165, 1.54) is 0 Å². The van der Waals surface area contributed by atoms with Crippen molar-refractivity contribution in [3.8, 4) is 0 Å². The summed E-state index contributed by atoms with van der Waals surface area (Å²) in [7, 11) is 0. The molecule has 1 atom stereocenters. The minimum Gasteiger partial charge on any atom is -0.480 e. The first kappa shape index (κ1) is 9.21. The molecule has 14 heavy (non-hydrogen) atoms. The number of aliphatic carboxylic acids is 1. The van der Waals surface area contributed by atoms with E-state index in [-0.39, 0.29) is 0 Å². The summed E-state index contributed by atoms with van der Waals surface area (Å²) in [5.41, 5.74) is 1.53. The van der Waals surface area contributed by atoms with Gasteiger partial charge in [0.05, 0.1) is 11.4 Å². The number of pyridine rings is 1. The predicted octanol–water partition coefficient (Wildman–Crippen LogP) is 1.38. The van der Waals surface area contributed by atoms with Crippen LogP contribution >= 0.6 is 11.9 Å². The molecule has 2 heterocycles. The number of hydrogen-bond acceptors (Lipinski definition) is 4. The number of carbonyl (C=O) groups is 1. The molecule has 0 spiro atoms. The predicted molar refractivity (Wildman–Crippen MR) is 54.4 cm³/mol. The van der Waals surface area contributed by atoms with E-state index in [1.54, 1.807) is 6.20 Å². The highest BCUT2D eigenvalue weighted by Crippen LogP contribution is 2.27. The Kier molecular flexibility index (Phi) is 2.49. The van der Waals surface area contributed by atoms with Crippen molar-refractivity contribution in [1.82, 2.24) is 4.98 Å². The van der Waals surface area contributed by atoms with Crippen LogP contribution in [-0.2, 0) is 4.79 Å². The van der Waals surface area contributed by atoms with Gasteiger partial charge in [0.1, 0.15) is 5.25 Å². The summed E-state index contributed by atoms with van der Waals surface area (Å²) in [5.74, 6) is -0.815. The lowest BCUT2D eigenvalue weighted by molar-refractivity contribution is -0.136. The Balaban J connectivity index is 2.13. The first-order valence-electron chi connectivity index (χ1n) is 4.14. The fourth-order valence-electron chi connectivity index (χ4n) is 1.19. The maximum atomic E-state index is 10.7. The van der Waals surface area contributed by atoms with Crippen molar-refractivity contribution in [2.75, 3.05) is 0 Å². The molecule has 1 aromatic rings. The Hall–Kier alpha value is -1.36. The zero-order chi connectivity index (χ0) is 9.97. The van der Waals surface area contributed by atoms with Gasteiger partial charge in [-0.3, -0.25) is 9.78 Å². The van der Waals surface area contributed by atoms with Crippen LogP contribution in [0.2, 0.25) is 0 Å². The molecule has 1 aliphatic heterocycles.